The molecule has 0 saturated heterocycles. The molecule has 4 aromatic rings. The van der Waals surface area contributed by atoms with E-state index in [-0.39, 0.29) is 23.3 Å². The third-order valence-corrected chi connectivity index (χ3v) is 6.42. The molecule has 1 N–H and O–H groups in total. The van der Waals surface area contributed by atoms with Gasteiger partial charge in [0, 0.05) is 6.04 Å². The van der Waals surface area contributed by atoms with E-state index in [0.717, 1.165) is 24.1 Å². The molecule has 0 saturated carbocycles. The van der Waals surface area contributed by atoms with Crippen molar-refractivity contribution in [1.29, 1.82) is 0 Å². The maximum absolute atomic E-state index is 13.3. The molecule has 0 aliphatic carbocycles. The number of benzene rings is 3. The number of fused-ring (bicyclic) bond motifs is 1. The fourth-order valence-electron chi connectivity index (χ4n) is 3.68. The minimum absolute atomic E-state index is 0.0576. The number of carbonyl (C=O) groups excluding carboxylic acids is 1. The van der Waals surface area contributed by atoms with Gasteiger partial charge in [0.15, 0.2) is 5.16 Å². The summed E-state index contributed by atoms with van der Waals surface area (Å²) in [6, 6.07) is 25.4. The van der Waals surface area contributed by atoms with Gasteiger partial charge in [0.2, 0.25) is 5.91 Å². The Morgan fingerprint density at radius 3 is 2.45 bits per heavy atom. The summed E-state index contributed by atoms with van der Waals surface area (Å²) in [5.74, 6) is 0.116. The van der Waals surface area contributed by atoms with E-state index in [0.29, 0.717) is 16.1 Å². The molecule has 0 unspecified atom stereocenters. The first-order valence-corrected chi connectivity index (χ1v) is 12.0. The van der Waals surface area contributed by atoms with Crippen LogP contribution in [0.3, 0.4) is 0 Å². The molecule has 0 aliphatic rings. The molecule has 3 aromatic carbocycles. The van der Waals surface area contributed by atoms with Crippen molar-refractivity contribution in [2.45, 2.75) is 37.9 Å². The molecule has 33 heavy (non-hydrogen) atoms. The van der Waals surface area contributed by atoms with Crippen LogP contribution in [-0.2, 0) is 11.2 Å². The Morgan fingerprint density at radius 1 is 1.00 bits per heavy atom. The van der Waals surface area contributed by atoms with Crippen LogP contribution >= 0.6 is 11.8 Å². The van der Waals surface area contributed by atoms with Crippen LogP contribution in [0, 0.1) is 6.92 Å². The molecule has 1 atom stereocenters. The predicted octanol–water partition coefficient (Wildman–Crippen LogP) is 4.92. The number of rotatable bonds is 8. The minimum atomic E-state index is -0.136. The smallest absolute Gasteiger partial charge is 0.266 e. The van der Waals surface area contributed by atoms with Crippen molar-refractivity contribution >= 4 is 28.6 Å². The predicted molar refractivity (Wildman–Crippen MR) is 135 cm³/mol. The zero-order chi connectivity index (χ0) is 23.2. The van der Waals surface area contributed by atoms with E-state index in [1.54, 1.807) is 10.6 Å². The zero-order valence-corrected chi connectivity index (χ0v) is 19.6. The van der Waals surface area contributed by atoms with Gasteiger partial charge in [0.1, 0.15) is 0 Å². The number of hydrogen-bond acceptors (Lipinski definition) is 4. The number of hydrogen-bond donors (Lipinski definition) is 1. The summed E-state index contributed by atoms with van der Waals surface area (Å²) in [4.78, 5) is 30.6. The van der Waals surface area contributed by atoms with Gasteiger partial charge < -0.3 is 5.32 Å². The average molecular weight is 458 g/mol. The van der Waals surface area contributed by atoms with E-state index in [4.69, 9.17) is 4.98 Å². The second-order valence-corrected chi connectivity index (χ2v) is 9.11. The Labute approximate surface area is 197 Å². The maximum atomic E-state index is 13.3. The van der Waals surface area contributed by atoms with Crippen LogP contribution in [0.5, 0.6) is 0 Å². The molecule has 0 radical (unpaired) electrons. The van der Waals surface area contributed by atoms with Gasteiger partial charge in [-0.2, -0.15) is 0 Å². The van der Waals surface area contributed by atoms with Gasteiger partial charge in [-0.1, -0.05) is 71.9 Å². The van der Waals surface area contributed by atoms with Gasteiger partial charge in [-0.3, -0.25) is 14.2 Å². The Kier molecular flexibility index (Phi) is 7.25. The molecular formula is C27H27N3O2S. The fraction of sp³-hybridized carbons (Fsp3) is 0.222. The van der Waals surface area contributed by atoms with Crippen LogP contribution in [0.2, 0.25) is 0 Å². The summed E-state index contributed by atoms with van der Waals surface area (Å²) in [5, 5.41) is 4.13. The Morgan fingerprint density at radius 2 is 1.70 bits per heavy atom. The van der Waals surface area contributed by atoms with Crippen molar-refractivity contribution in [1.82, 2.24) is 14.9 Å². The Hall–Kier alpha value is -3.38. The molecule has 0 aliphatic heterocycles. The van der Waals surface area contributed by atoms with E-state index in [2.05, 4.69) is 17.4 Å². The molecule has 0 spiro atoms. The molecule has 168 valence electrons. The topological polar surface area (TPSA) is 64.0 Å². The van der Waals surface area contributed by atoms with Gasteiger partial charge in [-0.05, 0) is 56.5 Å². The first-order valence-electron chi connectivity index (χ1n) is 11.1. The second-order valence-electron chi connectivity index (χ2n) is 8.17. The zero-order valence-electron chi connectivity index (χ0n) is 18.8. The molecule has 1 aromatic heterocycles. The lowest BCUT2D eigenvalue weighted by molar-refractivity contribution is -0.119. The molecule has 5 nitrogen and oxygen atoms in total. The third-order valence-electron chi connectivity index (χ3n) is 5.49. The van der Waals surface area contributed by atoms with E-state index in [1.807, 2.05) is 74.5 Å². The van der Waals surface area contributed by atoms with E-state index < -0.39 is 0 Å². The molecular weight excluding hydrogens is 430 g/mol. The summed E-state index contributed by atoms with van der Waals surface area (Å²) in [6.07, 6.45) is 1.78. The van der Waals surface area contributed by atoms with Gasteiger partial charge in [-0.25, -0.2) is 4.98 Å². The standard InChI is InChI=1S/C27H27N3O2S/c1-19-12-16-22(17-13-19)30-26(32)23-10-6-7-11-24(23)29-27(30)33-18-25(31)28-20(2)14-15-21-8-4-3-5-9-21/h3-13,16-17,20H,14-15,18H2,1-2H3,(H,28,31)/t20-/m1/s1. The van der Waals surface area contributed by atoms with Crippen molar-refractivity contribution in [3.8, 4) is 5.69 Å². The lowest BCUT2D eigenvalue weighted by atomic mass is 10.1. The number of thioether (sulfide) groups is 1. The number of aryl methyl sites for hydroxylation is 2. The lowest BCUT2D eigenvalue weighted by Gasteiger charge is -2.15. The van der Waals surface area contributed by atoms with Gasteiger partial charge in [0.05, 0.1) is 22.3 Å². The molecule has 0 bridgehead atoms. The third kappa shape index (κ3) is 5.71. The Bertz CT molecular complexity index is 1300. The first-order chi connectivity index (χ1) is 16.0. The van der Waals surface area contributed by atoms with Crippen molar-refractivity contribution in [2.24, 2.45) is 0 Å². The van der Waals surface area contributed by atoms with Crippen LogP contribution in [0.25, 0.3) is 16.6 Å². The number of nitrogens with one attached hydrogen (secondary N) is 1. The van der Waals surface area contributed by atoms with Crippen molar-refractivity contribution in [3.63, 3.8) is 0 Å². The van der Waals surface area contributed by atoms with Gasteiger partial charge >= 0.3 is 0 Å². The molecule has 4 rings (SSSR count). The van der Waals surface area contributed by atoms with Crippen LogP contribution < -0.4 is 10.9 Å². The fourth-order valence-corrected chi connectivity index (χ4v) is 4.50. The molecule has 1 amide bonds. The summed E-state index contributed by atoms with van der Waals surface area (Å²) in [5.41, 5.74) is 3.60. The van der Waals surface area contributed by atoms with E-state index in [1.165, 1.54) is 17.3 Å². The largest absolute Gasteiger partial charge is 0.353 e. The number of nitrogens with zero attached hydrogens (tertiary/aromatic N) is 2. The highest BCUT2D eigenvalue weighted by molar-refractivity contribution is 7.99. The average Bonchev–Trinajstić information content (AvgIpc) is 2.83. The first kappa shape index (κ1) is 22.8. The summed E-state index contributed by atoms with van der Waals surface area (Å²) in [6.45, 7) is 4.02. The van der Waals surface area contributed by atoms with Crippen molar-refractivity contribution < 1.29 is 4.79 Å². The van der Waals surface area contributed by atoms with Crippen LogP contribution in [-0.4, -0.2) is 27.3 Å². The van der Waals surface area contributed by atoms with E-state index in [9.17, 15) is 9.59 Å². The maximum Gasteiger partial charge on any atom is 0.266 e. The van der Waals surface area contributed by atoms with Crippen LogP contribution in [0.1, 0.15) is 24.5 Å². The number of para-hydroxylation sites is 1. The quantitative estimate of drug-likeness (QED) is 0.301. The SMILES string of the molecule is Cc1ccc(-n2c(SCC(=O)N[C@H](C)CCc3ccccc3)nc3ccccc3c2=O)cc1. The van der Waals surface area contributed by atoms with Crippen molar-refractivity contribution in [3.05, 3.63) is 100 Å². The highest BCUT2D eigenvalue weighted by Gasteiger charge is 2.15. The molecule has 1 heterocycles. The summed E-state index contributed by atoms with van der Waals surface area (Å²) >= 11 is 1.28. The monoisotopic (exact) mass is 457 g/mol. The number of aromatic nitrogens is 2. The van der Waals surface area contributed by atoms with E-state index >= 15 is 0 Å². The molecule has 6 heteroatoms. The second kappa shape index (κ2) is 10.5. The van der Waals surface area contributed by atoms with Gasteiger partial charge in [-0.15, -0.1) is 0 Å². The normalized spacial score (nSPS) is 11.9. The highest BCUT2D eigenvalue weighted by atomic mass is 32.2. The lowest BCUT2D eigenvalue weighted by Crippen LogP contribution is -2.34. The van der Waals surface area contributed by atoms with Gasteiger partial charge in [0.25, 0.3) is 5.56 Å². The molecule has 0 fully saturated rings. The van der Waals surface area contributed by atoms with Crippen LogP contribution in [0.4, 0.5) is 0 Å². The number of amides is 1. The summed E-state index contributed by atoms with van der Waals surface area (Å²) < 4.78 is 1.60. The summed E-state index contributed by atoms with van der Waals surface area (Å²) in [7, 11) is 0. The number of carbonyl (C=O) groups is 1. The Balaban J connectivity index is 1.49. The highest BCUT2D eigenvalue weighted by Crippen LogP contribution is 2.21. The van der Waals surface area contributed by atoms with Crippen LogP contribution in [0.15, 0.2) is 88.8 Å². The van der Waals surface area contributed by atoms with Crippen molar-refractivity contribution in [2.75, 3.05) is 5.75 Å². The minimum Gasteiger partial charge on any atom is -0.353 e.